The van der Waals surface area contributed by atoms with E-state index in [4.69, 9.17) is 23.2 Å². The van der Waals surface area contributed by atoms with E-state index >= 15 is 0 Å². The molecule has 2 heterocycles. The van der Waals surface area contributed by atoms with Crippen LogP contribution in [-0.2, 0) is 21.0 Å². The molecule has 1 saturated heterocycles. The third-order valence-corrected chi connectivity index (χ3v) is 7.53. The minimum Gasteiger partial charge on any atom is -0.304 e. The number of rotatable bonds is 3. The number of para-hydroxylation sites is 1. The smallest absolute Gasteiger partial charge is 0.269 e. The number of anilines is 2. The summed E-state index contributed by atoms with van der Waals surface area (Å²) in [4.78, 5) is 29.1. The number of carbonyl (C=O) groups is 2. The lowest BCUT2D eigenvalue weighted by molar-refractivity contribution is -0.123. The summed E-state index contributed by atoms with van der Waals surface area (Å²) in [7, 11) is 0. The lowest BCUT2D eigenvalue weighted by Gasteiger charge is -2.33. The van der Waals surface area contributed by atoms with Gasteiger partial charge in [-0.25, -0.2) is 0 Å². The number of thioether (sulfide) groups is 1. The van der Waals surface area contributed by atoms with Crippen LogP contribution in [0, 0.1) is 0 Å². The van der Waals surface area contributed by atoms with Gasteiger partial charge in [0.15, 0.2) is 0 Å². The number of hydrogen-bond acceptors (Lipinski definition) is 3. The monoisotopic (exact) mass is 454 g/mol. The Balaban J connectivity index is 1.66. The first kappa shape index (κ1) is 19.5. The summed E-state index contributed by atoms with van der Waals surface area (Å²) in [5.41, 5.74) is 3.21. The van der Waals surface area contributed by atoms with E-state index in [2.05, 4.69) is 0 Å². The van der Waals surface area contributed by atoms with Gasteiger partial charge >= 0.3 is 0 Å². The summed E-state index contributed by atoms with van der Waals surface area (Å²) in [6.07, 6.45) is 0. The second-order valence-corrected chi connectivity index (χ2v) is 9.14. The Morgan fingerprint density at radius 2 is 1.63 bits per heavy atom. The second-order valence-electron chi connectivity index (χ2n) is 7.15. The molecule has 3 aromatic rings. The fourth-order valence-electron chi connectivity index (χ4n) is 4.10. The Labute approximate surface area is 188 Å². The Hall–Kier alpha value is -2.47. The summed E-state index contributed by atoms with van der Waals surface area (Å²) < 4.78 is 0. The van der Waals surface area contributed by atoms with Crippen molar-refractivity contribution in [2.75, 3.05) is 15.6 Å². The average Bonchev–Trinajstić information content (AvgIpc) is 3.22. The van der Waals surface area contributed by atoms with Crippen LogP contribution in [0.15, 0.2) is 72.8 Å². The van der Waals surface area contributed by atoms with Gasteiger partial charge in [0.2, 0.25) is 10.8 Å². The zero-order valence-corrected chi connectivity index (χ0v) is 18.0. The first-order valence-corrected chi connectivity index (χ1v) is 11.1. The zero-order valence-electron chi connectivity index (χ0n) is 15.7. The van der Waals surface area contributed by atoms with Crippen LogP contribution in [0.2, 0.25) is 10.0 Å². The third-order valence-electron chi connectivity index (χ3n) is 5.41. The molecule has 2 aliphatic rings. The Kier molecular flexibility index (Phi) is 4.77. The molecular formula is C23H16Cl2N2O2S. The van der Waals surface area contributed by atoms with Gasteiger partial charge in [-0.2, -0.15) is 0 Å². The number of amides is 2. The molecule has 0 N–H and O–H groups in total. The molecule has 0 radical (unpaired) electrons. The summed E-state index contributed by atoms with van der Waals surface area (Å²) in [5.74, 6) is -0.0583. The molecule has 0 aromatic heterocycles. The van der Waals surface area contributed by atoms with E-state index in [-0.39, 0.29) is 17.6 Å². The molecule has 3 aromatic carbocycles. The van der Waals surface area contributed by atoms with E-state index in [1.807, 2.05) is 54.6 Å². The quantitative estimate of drug-likeness (QED) is 0.526. The van der Waals surface area contributed by atoms with Crippen molar-refractivity contribution in [2.24, 2.45) is 0 Å². The maximum absolute atomic E-state index is 13.9. The van der Waals surface area contributed by atoms with E-state index < -0.39 is 4.87 Å². The average molecular weight is 455 g/mol. The van der Waals surface area contributed by atoms with Gasteiger partial charge in [-0.05, 0) is 29.8 Å². The van der Waals surface area contributed by atoms with Crippen molar-refractivity contribution in [1.29, 1.82) is 0 Å². The Morgan fingerprint density at radius 3 is 2.40 bits per heavy atom. The molecule has 1 spiro atoms. The summed E-state index contributed by atoms with van der Waals surface area (Å²) in [6, 6.07) is 22.5. The minimum absolute atomic E-state index is 0.130. The summed E-state index contributed by atoms with van der Waals surface area (Å²) in [6.45, 7) is 0.433. The van der Waals surface area contributed by atoms with Crippen LogP contribution in [0.1, 0.15) is 11.1 Å². The molecule has 0 aliphatic carbocycles. The molecule has 2 amide bonds. The highest BCUT2D eigenvalue weighted by molar-refractivity contribution is 8.02. The van der Waals surface area contributed by atoms with Gasteiger partial charge < -0.3 is 4.90 Å². The van der Waals surface area contributed by atoms with Crippen LogP contribution in [0.25, 0.3) is 0 Å². The number of nitrogens with zero attached hydrogens (tertiary/aromatic N) is 2. The number of carbonyl (C=O) groups excluding carboxylic acids is 2. The van der Waals surface area contributed by atoms with Crippen molar-refractivity contribution in [3.63, 3.8) is 0 Å². The van der Waals surface area contributed by atoms with Gasteiger partial charge in [0.25, 0.3) is 5.91 Å². The van der Waals surface area contributed by atoms with Gasteiger partial charge in [0.05, 0.1) is 28.0 Å². The van der Waals surface area contributed by atoms with Crippen molar-refractivity contribution in [3.05, 3.63) is 94.0 Å². The standard InChI is InChI=1S/C23H16Cl2N2O2S/c24-18-11-10-16(12-19(18)25)27-21(28)14-30-23(27)17-8-4-5-9-20(17)26(22(23)29)13-15-6-2-1-3-7-15/h1-12H,13-14H2/t23-/m1/s1. The molecule has 0 bridgehead atoms. The number of benzene rings is 3. The third kappa shape index (κ3) is 2.84. The summed E-state index contributed by atoms with van der Waals surface area (Å²) >= 11 is 13.7. The molecule has 4 nitrogen and oxygen atoms in total. The largest absolute Gasteiger partial charge is 0.304 e. The van der Waals surface area contributed by atoms with Crippen LogP contribution >= 0.6 is 35.0 Å². The lowest BCUT2D eigenvalue weighted by atomic mass is 10.0. The van der Waals surface area contributed by atoms with Gasteiger partial charge in [0, 0.05) is 11.3 Å². The molecule has 0 saturated carbocycles. The molecule has 1 atom stereocenters. The van der Waals surface area contributed by atoms with Crippen LogP contribution < -0.4 is 9.80 Å². The number of hydrogen-bond donors (Lipinski definition) is 0. The molecule has 30 heavy (non-hydrogen) atoms. The molecule has 7 heteroatoms. The van der Waals surface area contributed by atoms with Crippen molar-refractivity contribution >= 4 is 58.2 Å². The van der Waals surface area contributed by atoms with Crippen LogP contribution in [-0.4, -0.2) is 17.6 Å². The molecular weight excluding hydrogens is 439 g/mol. The van der Waals surface area contributed by atoms with Crippen LogP contribution in [0.5, 0.6) is 0 Å². The highest BCUT2D eigenvalue weighted by Gasteiger charge is 2.60. The SMILES string of the molecule is O=C1CS[C@]2(C(=O)N(Cc3ccccc3)c3ccccc32)N1c1ccc(Cl)c(Cl)c1. The lowest BCUT2D eigenvalue weighted by Crippen LogP contribution is -2.49. The highest BCUT2D eigenvalue weighted by Crippen LogP contribution is 2.56. The van der Waals surface area contributed by atoms with Gasteiger partial charge in [-0.1, -0.05) is 71.7 Å². The topological polar surface area (TPSA) is 40.6 Å². The van der Waals surface area contributed by atoms with Crippen LogP contribution in [0.3, 0.4) is 0 Å². The first-order chi connectivity index (χ1) is 14.5. The predicted molar refractivity (Wildman–Crippen MR) is 122 cm³/mol. The summed E-state index contributed by atoms with van der Waals surface area (Å²) in [5, 5.41) is 0.742. The molecule has 0 unspecified atom stereocenters. The fourth-order valence-corrected chi connectivity index (χ4v) is 5.75. The van der Waals surface area contributed by atoms with E-state index in [1.165, 1.54) is 11.8 Å². The first-order valence-electron chi connectivity index (χ1n) is 9.40. The Bertz CT molecular complexity index is 1170. The Morgan fingerprint density at radius 1 is 0.900 bits per heavy atom. The fraction of sp³-hybridized carbons (Fsp3) is 0.130. The van der Waals surface area contributed by atoms with E-state index in [0.717, 1.165) is 16.8 Å². The number of halogens is 2. The normalized spacial score (nSPS) is 20.3. The molecule has 1 fully saturated rings. The maximum Gasteiger partial charge on any atom is 0.269 e. The van der Waals surface area contributed by atoms with Crippen molar-refractivity contribution in [3.8, 4) is 0 Å². The maximum atomic E-state index is 13.9. The molecule has 2 aliphatic heterocycles. The van der Waals surface area contributed by atoms with Gasteiger partial charge in [0.1, 0.15) is 0 Å². The van der Waals surface area contributed by atoms with E-state index in [1.54, 1.807) is 28.0 Å². The van der Waals surface area contributed by atoms with Gasteiger partial charge in [-0.3, -0.25) is 14.5 Å². The second kappa shape index (κ2) is 7.34. The van der Waals surface area contributed by atoms with Crippen LogP contribution in [0.4, 0.5) is 11.4 Å². The van der Waals surface area contributed by atoms with E-state index in [0.29, 0.717) is 22.3 Å². The molecule has 5 rings (SSSR count). The molecule has 150 valence electrons. The van der Waals surface area contributed by atoms with E-state index in [9.17, 15) is 9.59 Å². The van der Waals surface area contributed by atoms with Crippen molar-refractivity contribution < 1.29 is 9.59 Å². The number of fused-ring (bicyclic) bond motifs is 2. The highest BCUT2D eigenvalue weighted by atomic mass is 35.5. The van der Waals surface area contributed by atoms with Gasteiger partial charge in [-0.15, -0.1) is 11.8 Å². The predicted octanol–water partition coefficient (Wildman–Crippen LogP) is 5.47. The minimum atomic E-state index is -1.15. The van der Waals surface area contributed by atoms with Crippen molar-refractivity contribution in [1.82, 2.24) is 0 Å². The van der Waals surface area contributed by atoms with Crippen molar-refractivity contribution in [2.45, 2.75) is 11.4 Å². The zero-order chi connectivity index (χ0) is 20.9.